The summed E-state index contributed by atoms with van der Waals surface area (Å²) in [5, 5.41) is 4.92. The van der Waals surface area contributed by atoms with E-state index in [1.165, 1.54) is 38.5 Å². The largest absolute Gasteiger partial charge is 0.309 e. The summed E-state index contributed by atoms with van der Waals surface area (Å²) in [6.45, 7) is 0. The first-order valence-corrected chi connectivity index (χ1v) is 23.5. The quantitative estimate of drug-likeness (QED) is 0.157. The summed E-state index contributed by atoms with van der Waals surface area (Å²) in [7, 11) is -3.09. The number of aromatic nitrogens is 3. The minimum atomic E-state index is -3.09. The monoisotopic (exact) mass is 835 g/mol. The smallest absolute Gasteiger partial charge is 0.171 e. The van der Waals surface area contributed by atoms with Crippen molar-refractivity contribution in [2.75, 3.05) is 0 Å². The van der Waals surface area contributed by atoms with Crippen LogP contribution in [-0.2, 0) is 9.98 Å². The fraction of sp³-hybridized carbons (Fsp3) is 0.0169. The number of benzene rings is 9. The fourth-order valence-electron chi connectivity index (χ4n) is 10.7. The van der Waals surface area contributed by atoms with Gasteiger partial charge in [-0.05, 0) is 45.5 Å². The summed E-state index contributed by atoms with van der Waals surface area (Å²) < 4.78 is 17.5. The maximum atomic E-state index is 15.1. The average Bonchev–Trinajstić information content (AvgIpc) is 3.87. The van der Waals surface area contributed by atoms with E-state index in [-0.39, 0.29) is 0 Å². The molecule has 1 aliphatic heterocycles. The highest BCUT2D eigenvalue weighted by Crippen LogP contribution is 2.62. The highest BCUT2D eigenvalue weighted by molar-refractivity contribution is 7.85. The van der Waals surface area contributed by atoms with Crippen LogP contribution in [0.5, 0.6) is 0 Å². The zero-order valence-electron chi connectivity index (χ0n) is 34.6. The van der Waals surface area contributed by atoms with Crippen molar-refractivity contribution in [3.8, 4) is 50.6 Å². The molecule has 1 aliphatic carbocycles. The molecule has 0 radical (unpaired) electrons. The third-order valence-electron chi connectivity index (χ3n) is 13.5. The second kappa shape index (κ2) is 14.1. The first kappa shape index (κ1) is 36.7. The predicted octanol–water partition coefficient (Wildman–Crippen LogP) is 12.9. The van der Waals surface area contributed by atoms with E-state index in [0.717, 1.165) is 66.4 Å². The standard InChI is InChI=1S/C59H38N3OP/c63-64(43-19-6-2-7-20-43,44-21-8-3-9-22-44)45-37-35-40(36-38-45)39-31-33-42(34-32-39)58-60-55(41-17-4-1-5-18-41)54-48-24-10-12-26-49(48)59(57(54)61-58)50-27-13-15-30-53(50)62-52-29-14-11-23-46(52)47-25-16-28-51(59)56(47)62/h1-38H. The van der Waals surface area contributed by atoms with Gasteiger partial charge in [0.1, 0.15) is 0 Å². The molecule has 1 atom stereocenters. The number of rotatable bonds is 6. The van der Waals surface area contributed by atoms with Crippen LogP contribution in [0.3, 0.4) is 0 Å². The van der Waals surface area contributed by atoms with Crippen molar-refractivity contribution in [1.29, 1.82) is 0 Å². The van der Waals surface area contributed by atoms with Crippen LogP contribution in [0.4, 0.5) is 0 Å². The number of hydrogen-bond acceptors (Lipinski definition) is 3. The zero-order chi connectivity index (χ0) is 42.4. The van der Waals surface area contributed by atoms with E-state index in [9.17, 15) is 0 Å². The van der Waals surface area contributed by atoms with Crippen LogP contribution in [-0.4, -0.2) is 14.5 Å². The summed E-state index contributed by atoms with van der Waals surface area (Å²) in [4.78, 5) is 11.3. The Kier molecular flexibility index (Phi) is 8.06. The topological polar surface area (TPSA) is 47.8 Å². The van der Waals surface area contributed by atoms with Crippen LogP contribution in [0.1, 0.15) is 22.4 Å². The molecule has 9 aromatic carbocycles. The number of nitrogens with zero attached hydrogens (tertiary/aromatic N) is 3. The molecule has 2 aromatic heterocycles. The number of hydrogen-bond donors (Lipinski definition) is 0. The SMILES string of the molecule is O=P(c1ccccc1)(c1ccccc1)c1ccc(-c2ccc(-c3nc(-c4ccccc4)c4c(n3)C3(c5ccccc5-4)c4ccccc4-n4c5ccccc5c5cccc3c54)cc2)cc1. The van der Waals surface area contributed by atoms with Crippen LogP contribution in [0.25, 0.3) is 72.4 Å². The third kappa shape index (κ3) is 5.09. The maximum Gasteiger partial charge on any atom is 0.171 e. The summed E-state index contributed by atoms with van der Waals surface area (Å²) in [6, 6.07) is 80.4. The normalized spacial score (nSPS) is 14.7. The molecule has 0 bridgehead atoms. The minimum absolute atomic E-state index is 0.675. The van der Waals surface area contributed by atoms with E-state index in [2.05, 4.69) is 162 Å². The summed E-state index contributed by atoms with van der Waals surface area (Å²) in [5.41, 5.74) is 14.7. The van der Waals surface area contributed by atoms with Crippen LogP contribution in [0, 0.1) is 0 Å². The lowest BCUT2D eigenvalue weighted by Crippen LogP contribution is -2.34. The second-order valence-electron chi connectivity index (χ2n) is 16.8. The van der Waals surface area contributed by atoms with Gasteiger partial charge < -0.3 is 9.13 Å². The Balaban J connectivity index is 0.996. The van der Waals surface area contributed by atoms with Gasteiger partial charge in [0.25, 0.3) is 0 Å². The molecule has 0 saturated heterocycles. The molecule has 11 aromatic rings. The van der Waals surface area contributed by atoms with Crippen LogP contribution in [0.2, 0.25) is 0 Å². The lowest BCUT2D eigenvalue weighted by Gasteiger charge is -2.38. The Bertz CT molecular complexity index is 3630. The predicted molar refractivity (Wildman–Crippen MR) is 263 cm³/mol. The van der Waals surface area contributed by atoms with Gasteiger partial charge in [0.2, 0.25) is 0 Å². The molecule has 0 saturated carbocycles. The van der Waals surface area contributed by atoms with Gasteiger partial charge in [-0.3, -0.25) is 0 Å². The van der Waals surface area contributed by atoms with E-state index in [0.29, 0.717) is 5.82 Å². The van der Waals surface area contributed by atoms with Crippen LogP contribution in [0.15, 0.2) is 231 Å². The molecule has 13 rings (SSSR count). The molecule has 0 N–H and O–H groups in total. The van der Waals surface area contributed by atoms with E-state index in [4.69, 9.17) is 9.97 Å². The van der Waals surface area contributed by atoms with Gasteiger partial charge in [-0.1, -0.05) is 218 Å². The van der Waals surface area contributed by atoms with Crippen LogP contribution >= 0.6 is 7.14 Å². The fourth-order valence-corrected chi connectivity index (χ4v) is 13.4. The lowest BCUT2D eigenvalue weighted by atomic mass is 9.67. The van der Waals surface area contributed by atoms with Crippen molar-refractivity contribution in [3.63, 3.8) is 0 Å². The van der Waals surface area contributed by atoms with Crippen LogP contribution < -0.4 is 15.9 Å². The highest BCUT2D eigenvalue weighted by Gasteiger charge is 2.53. The van der Waals surface area contributed by atoms with Crippen molar-refractivity contribution in [2.24, 2.45) is 0 Å². The maximum absolute atomic E-state index is 15.1. The van der Waals surface area contributed by atoms with E-state index in [1.807, 2.05) is 72.8 Å². The molecule has 64 heavy (non-hydrogen) atoms. The Morgan fingerprint density at radius 2 is 0.938 bits per heavy atom. The van der Waals surface area contributed by atoms with E-state index < -0.39 is 12.6 Å². The van der Waals surface area contributed by atoms with Crippen molar-refractivity contribution in [3.05, 3.63) is 253 Å². The molecule has 2 aliphatic rings. The average molecular weight is 836 g/mol. The second-order valence-corrected chi connectivity index (χ2v) is 19.5. The molecule has 1 spiro atoms. The first-order valence-electron chi connectivity index (χ1n) is 21.8. The molecule has 4 nitrogen and oxygen atoms in total. The molecule has 300 valence electrons. The van der Waals surface area contributed by atoms with Gasteiger partial charge in [-0.2, -0.15) is 0 Å². The van der Waals surface area contributed by atoms with Gasteiger partial charge in [0, 0.05) is 43.4 Å². The molecule has 0 amide bonds. The summed E-state index contributed by atoms with van der Waals surface area (Å²) in [6.07, 6.45) is 0. The first-order chi connectivity index (χ1) is 31.6. The van der Waals surface area contributed by atoms with Gasteiger partial charge >= 0.3 is 0 Å². The van der Waals surface area contributed by atoms with Gasteiger partial charge in [0.15, 0.2) is 13.0 Å². The van der Waals surface area contributed by atoms with Crippen molar-refractivity contribution >= 4 is 44.9 Å². The summed E-state index contributed by atoms with van der Waals surface area (Å²) in [5.74, 6) is 0.675. The summed E-state index contributed by atoms with van der Waals surface area (Å²) >= 11 is 0. The Hall–Kier alpha value is -7.91. The number of fused-ring (bicyclic) bond motifs is 12. The zero-order valence-corrected chi connectivity index (χ0v) is 35.5. The Labute approximate surface area is 371 Å². The van der Waals surface area contributed by atoms with Crippen molar-refractivity contribution < 1.29 is 4.57 Å². The molecule has 1 unspecified atom stereocenters. The lowest BCUT2D eigenvalue weighted by molar-refractivity contribution is 0.592. The van der Waals surface area contributed by atoms with E-state index in [1.54, 1.807) is 0 Å². The molecule has 0 fully saturated rings. The van der Waals surface area contributed by atoms with Crippen molar-refractivity contribution in [2.45, 2.75) is 5.41 Å². The molecular weight excluding hydrogens is 798 g/mol. The van der Waals surface area contributed by atoms with E-state index >= 15 is 4.57 Å². The van der Waals surface area contributed by atoms with Gasteiger partial charge in [0.05, 0.1) is 33.5 Å². The number of para-hydroxylation sites is 3. The Morgan fingerprint density at radius 3 is 1.66 bits per heavy atom. The highest BCUT2D eigenvalue weighted by atomic mass is 31.2. The van der Waals surface area contributed by atoms with Gasteiger partial charge in [-0.25, -0.2) is 9.97 Å². The third-order valence-corrected chi connectivity index (χ3v) is 16.6. The van der Waals surface area contributed by atoms with Gasteiger partial charge in [-0.15, -0.1) is 0 Å². The molecular formula is C59H38N3OP. The molecule has 5 heteroatoms. The Morgan fingerprint density at radius 1 is 0.406 bits per heavy atom. The minimum Gasteiger partial charge on any atom is -0.309 e. The molecule has 3 heterocycles. The van der Waals surface area contributed by atoms with Crippen molar-refractivity contribution in [1.82, 2.24) is 14.5 Å².